The van der Waals surface area contributed by atoms with E-state index in [-0.39, 0.29) is 12.1 Å². The second-order valence-electron chi connectivity index (χ2n) is 6.63. The summed E-state index contributed by atoms with van der Waals surface area (Å²) < 4.78 is 5.55. The molecule has 2 heterocycles. The van der Waals surface area contributed by atoms with E-state index in [1.54, 1.807) is 0 Å². The topological polar surface area (TPSA) is 41.6 Å². The van der Waals surface area contributed by atoms with Gasteiger partial charge >= 0.3 is 6.09 Å². The number of ether oxygens (including phenoxy) is 1. The smallest absolute Gasteiger partial charge is 0.410 e. The predicted molar refractivity (Wildman–Crippen MR) is 76.0 cm³/mol. The average molecular weight is 266 g/mol. The number of hydrogen-bond acceptors (Lipinski definition) is 3. The molecule has 0 saturated carbocycles. The minimum atomic E-state index is -0.431. The van der Waals surface area contributed by atoms with Crippen LogP contribution in [0.3, 0.4) is 0 Å². The van der Waals surface area contributed by atoms with Crippen molar-refractivity contribution in [1.82, 2.24) is 10.2 Å². The third-order valence-corrected chi connectivity index (χ3v) is 4.23. The Bertz CT molecular complexity index is 362. The number of nitrogens with zero attached hydrogens (tertiary/aromatic N) is 1. The third kappa shape index (κ3) is 2.78. The van der Waals surface area contributed by atoms with Gasteiger partial charge in [-0.2, -0.15) is 0 Å². The normalized spacial score (nSPS) is 34.2. The van der Waals surface area contributed by atoms with Gasteiger partial charge in [0.05, 0.1) is 0 Å². The van der Waals surface area contributed by atoms with Gasteiger partial charge in [-0.05, 0) is 47.1 Å². The molecule has 0 radical (unpaired) electrons. The fraction of sp³-hybridized carbons (Fsp3) is 0.800. The van der Waals surface area contributed by atoms with Gasteiger partial charge in [0.1, 0.15) is 5.60 Å². The van der Waals surface area contributed by atoms with Crippen molar-refractivity contribution in [3.8, 4) is 0 Å². The maximum Gasteiger partial charge on any atom is 0.410 e. The summed E-state index contributed by atoms with van der Waals surface area (Å²) in [6.45, 7) is 9.69. The minimum absolute atomic E-state index is 0.165. The molecule has 4 atom stereocenters. The van der Waals surface area contributed by atoms with Crippen molar-refractivity contribution in [2.75, 3.05) is 7.05 Å². The molecule has 19 heavy (non-hydrogen) atoms. The van der Waals surface area contributed by atoms with Gasteiger partial charge in [0, 0.05) is 24.0 Å². The van der Waals surface area contributed by atoms with Gasteiger partial charge in [-0.1, -0.05) is 6.08 Å². The number of nitrogens with one attached hydrogen (secondary N) is 1. The summed E-state index contributed by atoms with van der Waals surface area (Å²) in [6, 6.07) is 0.978. The fourth-order valence-corrected chi connectivity index (χ4v) is 3.47. The molecule has 0 aromatic heterocycles. The first-order valence-corrected chi connectivity index (χ1v) is 7.18. The number of hydrogen-bond donors (Lipinski definition) is 1. The Balaban J connectivity index is 2.15. The second-order valence-corrected chi connectivity index (χ2v) is 6.63. The van der Waals surface area contributed by atoms with Gasteiger partial charge in [-0.3, -0.25) is 0 Å². The van der Waals surface area contributed by atoms with Crippen molar-refractivity contribution in [3.63, 3.8) is 0 Å². The summed E-state index contributed by atoms with van der Waals surface area (Å²) in [6.07, 6.45) is 4.94. The Morgan fingerprint density at radius 2 is 2.11 bits per heavy atom. The molecule has 4 nitrogen and oxygen atoms in total. The van der Waals surface area contributed by atoms with Crippen LogP contribution in [0.25, 0.3) is 0 Å². The maximum atomic E-state index is 12.4. The Labute approximate surface area is 116 Å². The van der Waals surface area contributed by atoms with Crippen LogP contribution in [0.5, 0.6) is 0 Å². The molecule has 0 spiro atoms. The summed E-state index contributed by atoms with van der Waals surface area (Å²) >= 11 is 0. The maximum absolute atomic E-state index is 12.4. The lowest BCUT2D eigenvalue weighted by molar-refractivity contribution is -0.00177. The number of fused-ring (bicyclic) bond motifs is 2. The van der Waals surface area contributed by atoms with Crippen molar-refractivity contribution in [2.45, 2.75) is 63.8 Å². The largest absolute Gasteiger partial charge is 0.444 e. The van der Waals surface area contributed by atoms with E-state index in [4.69, 9.17) is 4.74 Å². The van der Waals surface area contributed by atoms with Crippen LogP contribution in [0.4, 0.5) is 4.79 Å². The highest BCUT2D eigenvalue weighted by Gasteiger charge is 2.48. The van der Waals surface area contributed by atoms with Crippen LogP contribution in [0.1, 0.15) is 40.0 Å². The Morgan fingerprint density at radius 3 is 2.63 bits per heavy atom. The summed E-state index contributed by atoms with van der Waals surface area (Å²) in [5.41, 5.74) is -0.431. The molecule has 108 valence electrons. The molecule has 0 aromatic carbocycles. The zero-order chi connectivity index (χ0) is 14.2. The first-order valence-electron chi connectivity index (χ1n) is 7.18. The van der Waals surface area contributed by atoms with Gasteiger partial charge in [0.2, 0.25) is 0 Å². The lowest BCUT2D eigenvalue weighted by Crippen LogP contribution is -2.56. The van der Waals surface area contributed by atoms with E-state index in [1.165, 1.54) is 0 Å². The molecular weight excluding hydrogens is 240 g/mol. The number of rotatable bonds is 2. The molecule has 2 aliphatic heterocycles. The number of carbonyl (C=O) groups is 1. The fourth-order valence-electron chi connectivity index (χ4n) is 3.47. The van der Waals surface area contributed by atoms with Crippen LogP contribution in [0, 0.1) is 5.92 Å². The molecule has 2 saturated heterocycles. The molecule has 1 N–H and O–H groups in total. The van der Waals surface area contributed by atoms with Gasteiger partial charge < -0.3 is 15.0 Å². The number of piperidine rings is 1. The number of amides is 1. The van der Waals surface area contributed by atoms with Crippen molar-refractivity contribution >= 4 is 6.09 Å². The summed E-state index contributed by atoms with van der Waals surface area (Å²) in [5, 5.41) is 3.36. The highest BCUT2D eigenvalue weighted by molar-refractivity contribution is 5.70. The van der Waals surface area contributed by atoms with Crippen LogP contribution in [0.15, 0.2) is 12.7 Å². The Morgan fingerprint density at radius 1 is 1.42 bits per heavy atom. The Hall–Kier alpha value is -1.03. The highest BCUT2D eigenvalue weighted by Crippen LogP contribution is 2.40. The molecular formula is C15H26N2O2. The monoisotopic (exact) mass is 266 g/mol. The number of carbonyl (C=O) groups excluding carboxylic acids is 1. The quantitative estimate of drug-likeness (QED) is 0.781. The van der Waals surface area contributed by atoms with E-state index in [0.29, 0.717) is 18.0 Å². The molecule has 2 fully saturated rings. The molecule has 2 aliphatic rings. The minimum Gasteiger partial charge on any atom is -0.444 e. The van der Waals surface area contributed by atoms with Crippen LogP contribution in [-0.4, -0.2) is 41.8 Å². The lowest BCUT2D eigenvalue weighted by Gasteiger charge is -2.43. The van der Waals surface area contributed by atoms with Crippen LogP contribution < -0.4 is 5.32 Å². The van der Waals surface area contributed by atoms with Crippen LogP contribution in [0.2, 0.25) is 0 Å². The van der Waals surface area contributed by atoms with Gasteiger partial charge in [-0.25, -0.2) is 4.79 Å². The molecule has 0 aliphatic carbocycles. The van der Waals surface area contributed by atoms with Crippen molar-refractivity contribution in [3.05, 3.63) is 12.7 Å². The van der Waals surface area contributed by atoms with Gasteiger partial charge in [0.25, 0.3) is 0 Å². The predicted octanol–water partition coefficient (Wildman–Crippen LogP) is 2.55. The molecule has 4 heteroatoms. The first-order chi connectivity index (χ1) is 8.87. The summed E-state index contributed by atoms with van der Waals surface area (Å²) in [5.74, 6) is 0.316. The third-order valence-electron chi connectivity index (χ3n) is 4.23. The van der Waals surface area contributed by atoms with Crippen LogP contribution >= 0.6 is 0 Å². The van der Waals surface area contributed by atoms with E-state index in [0.717, 1.165) is 19.3 Å². The van der Waals surface area contributed by atoms with E-state index in [9.17, 15) is 4.79 Å². The molecule has 2 bridgehead atoms. The zero-order valence-corrected chi connectivity index (χ0v) is 12.5. The Kier molecular flexibility index (Phi) is 3.90. The molecule has 1 amide bonds. The van der Waals surface area contributed by atoms with Crippen molar-refractivity contribution in [2.24, 2.45) is 5.92 Å². The lowest BCUT2D eigenvalue weighted by atomic mass is 9.86. The second kappa shape index (κ2) is 5.16. The van der Waals surface area contributed by atoms with E-state index < -0.39 is 5.60 Å². The SMILES string of the molecule is C=C[C@H]1C2CCC(C[C@H]1NC)N2C(=O)OC(C)(C)C. The molecule has 2 unspecified atom stereocenters. The standard InChI is InChI=1S/C15H26N2O2/c1-6-11-12(16-5)9-10-7-8-13(11)17(10)14(18)19-15(2,3)4/h6,10-13,16H,1,7-9H2,2-5H3/t10?,11-,12-,13?/m1/s1. The van der Waals surface area contributed by atoms with E-state index in [1.807, 2.05) is 38.8 Å². The van der Waals surface area contributed by atoms with Crippen LogP contribution in [-0.2, 0) is 4.74 Å². The van der Waals surface area contributed by atoms with E-state index >= 15 is 0 Å². The van der Waals surface area contributed by atoms with Crippen molar-refractivity contribution < 1.29 is 9.53 Å². The van der Waals surface area contributed by atoms with E-state index in [2.05, 4.69) is 11.9 Å². The summed E-state index contributed by atoms with van der Waals surface area (Å²) in [4.78, 5) is 14.3. The van der Waals surface area contributed by atoms with Gasteiger partial charge in [0.15, 0.2) is 0 Å². The highest BCUT2D eigenvalue weighted by atomic mass is 16.6. The molecule has 2 rings (SSSR count). The molecule has 0 aromatic rings. The van der Waals surface area contributed by atoms with Gasteiger partial charge in [-0.15, -0.1) is 6.58 Å². The zero-order valence-electron chi connectivity index (χ0n) is 12.5. The summed E-state index contributed by atoms with van der Waals surface area (Å²) in [7, 11) is 1.99. The average Bonchev–Trinajstić information content (AvgIpc) is 2.62. The van der Waals surface area contributed by atoms with Crippen molar-refractivity contribution in [1.29, 1.82) is 0 Å². The first kappa shape index (κ1) is 14.4.